The number of anilines is 2. The van der Waals surface area contributed by atoms with Gasteiger partial charge in [-0.15, -0.1) is 11.3 Å². The van der Waals surface area contributed by atoms with Gasteiger partial charge in [0.15, 0.2) is 0 Å². The van der Waals surface area contributed by atoms with Gasteiger partial charge in [0.25, 0.3) is 0 Å². The molecule has 0 aliphatic carbocycles. The van der Waals surface area contributed by atoms with E-state index in [4.69, 9.17) is 0 Å². The van der Waals surface area contributed by atoms with Gasteiger partial charge in [-0.25, -0.2) is 0 Å². The number of rotatable bonds is 4. The van der Waals surface area contributed by atoms with Gasteiger partial charge in [-0.2, -0.15) is 0 Å². The SMILES string of the molecule is CCc1cccc2c1sc1c(N(I)c3ccc(C(C)C)cc3)cccc12. The number of benzene rings is 3. The lowest BCUT2D eigenvalue weighted by Gasteiger charge is -2.18. The lowest BCUT2D eigenvalue weighted by molar-refractivity contribution is 0.867. The second-order valence-corrected chi connectivity index (χ2v) is 8.92. The highest BCUT2D eigenvalue weighted by atomic mass is 127. The molecule has 4 rings (SSSR count). The van der Waals surface area contributed by atoms with Crippen LogP contribution in [0.5, 0.6) is 0 Å². The first-order chi connectivity index (χ1) is 12.6. The molecule has 0 unspecified atom stereocenters. The molecular formula is C23H22INS. The molecule has 0 N–H and O–H groups in total. The molecule has 0 spiro atoms. The van der Waals surface area contributed by atoms with Crippen LogP contribution in [-0.2, 0) is 6.42 Å². The van der Waals surface area contributed by atoms with Gasteiger partial charge < -0.3 is 0 Å². The van der Waals surface area contributed by atoms with Crippen molar-refractivity contribution in [3.05, 3.63) is 71.8 Å². The molecule has 0 fully saturated rings. The first-order valence-corrected chi connectivity index (χ1v) is 10.9. The molecule has 0 saturated heterocycles. The number of halogens is 1. The third-order valence-corrected chi connectivity index (χ3v) is 7.36. The van der Waals surface area contributed by atoms with E-state index < -0.39 is 0 Å². The Morgan fingerprint density at radius 2 is 1.54 bits per heavy atom. The lowest BCUT2D eigenvalue weighted by atomic mass is 10.0. The summed E-state index contributed by atoms with van der Waals surface area (Å²) in [6.45, 7) is 6.71. The molecule has 0 atom stereocenters. The zero-order chi connectivity index (χ0) is 18.3. The van der Waals surface area contributed by atoms with E-state index in [1.165, 1.54) is 42.7 Å². The van der Waals surface area contributed by atoms with E-state index in [0.717, 1.165) is 6.42 Å². The predicted molar refractivity (Wildman–Crippen MR) is 125 cm³/mol. The zero-order valence-electron chi connectivity index (χ0n) is 15.3. The molecule has 0 saturated carbocycles. The maximum atomic E-state index is 2.43. The Morgan fingerprint density at radius 1 is 0.885 bits per heavy atom. The number of fused-ring (bicyclic) bond motifs is 3. The van der Waals surface area contributed by atoms with Crippen LogP contribution in [-0.4, -0.2) is 0 Å². The fourth-order valence-corrected chi connectivity index (χ4v) is 5.70. The minimum Gasteiger partial charge on any atom is -0.282 e. The Kier molecular flexibility index (Phi) is 4.93. The third kappa shape index (κ3) is 3.01. The monoisotopic (exact) mass is 471 g/mol. The van der Waals surface area contributed by atoms with E-state index >= 15 is 0 Å². The molecule has 3 aromatic carbocycles. The Labute approximate surface area is 173 Å². The summed E-state index contributed by atoms with van der Waals surface area (Å²) in [5.74, 6) is 0.560. The topological polar surface area (TPSA) is 3.24 Å². The van der Waals surface area contributed by atoms with Crippen molar-refractivity contribution in [2.24, 2.45) is 0 Å². The van der Waals surface area contributed by atoms with E-state index in [-0.39, 0.29) is 0 Å². The zero-order valence-corrected chi connectivity index (χ0v) is 18.3. The van der Waals surface area contributed by atoms with E-state index in [1.54, 1.807) is 0 Å². The predicted octanol–water partition coefficient (Wildman–Crippen LogP) is 8.23. The molecule has 0 radical (unpaired) electrons. The molecular weight excluding hydrogens is 449 g/mol. The molecule has 0 amide bonds. The summed E-state index contributed by atoms with van der Waals surface area (Å²) >= 11 is 4.36. The van der Waals surface area contributed by atoms with E-state index in [2.05, 4.69) is 107 Å². The number of aryl methyl sites for hydroxylation is 1. The van der Waals surface area contributed by atoms with Crippen LogP contribution in [0, 0.1) is 0 Å². The number of hydrogen-bond donors (Lipinski definition) is 0. The maximum Gasteiger partial charge on any atom is 0.0689 e. The van der Waals surface area contributed by atoms with Crippen molar-refractivity contribution in [1.29, 1.82) is 0 Å². The van der Waals surface area contributed by atoms with Crippen molar-refractivity contribution in [2.75, 3.05) is 3.11 Å². The molecule has 132 valence electrons. The fourth-order valence-electron chi connectivity index (χ4n) is 3.43. The summed E-state index contributed by atoms with van der Waals surface area (Å²) in [6.07, 6.45) is 1.07. The normalized spacial score (nSPS) is 11.6. The van der Waals surface area contributed by atoms with Crippen molar-refractivity contribution in [3.8, 4) is 0 Å². The van der Waals surface area contributed by atoms with E-state index in [0.29, 0.717) is 5.92 Å². The lowest BCUT2D eigenvalue weighted by Crippen LogP contribution is -2.01. The van der Waals surface area contributed by atoms with Crippen molar-refractivity contribution in [3.63, 3.8) is 0 Å². The number of hydrogen-bond acceptors (Lipinski definition) is 2. The third-order valence-electron chi connectivity index (χ3n) is 4.96. The molecule has 1 aromatic heterocycles. The van der Waals surface area contributed by atoms with Crippen LogP contribution in [0.25, 0.3) is 20.2 Å². The van der Waals surface area contributed by atoms with Gasteiger partial charge in [0.2, 0.25) is 0 Å². The van der Waals surface area contributed by atoms with Gasteiger partial charge in [0.1, 0.15) is 0 Å². The van der Waals surface area contributed by atoms with Crippen molar-refractivity contribution >= 4 is 65.7 Å². The van der Waals surface area contributed by atoms with Gasteiger partial charge in [-0.3, -0.25) is 3.11 Å². The molecule has 1 heterocycles. The average Bonchev–Trinajstić information content (AvgIpc) is 3.06. The van der Waals surface area contributed by atoms with Crippen LogP contribution in [0.4, 0.5) is 11.4 Å². The van der Waals surface area contributed by atoms with Gasteiger partial charge in [-0.1, -0.05) is 63.2 Å². The number of thiophene rings is 1. The van der Waals surface area contributed by atoms with Crippen LogP contribution >= 0.6 is 34.2 Å². The van der Waals surface area contributed by atoms with Gasteiger partial charge in [0, 0.05) is 15.5 Å². The molecule has 0 aliphatic rings. The summed E-state index contributed by atoms with van der Waals surface area (Å²) in [5.41, 5.74) is 5.31. The average molecular weight is 471 g/mol. The fraction of sp³-hybridized carbons (Fsp3) is 0.217. The summed E-state index contributed by atoms with van der Waals surface area (Å²) < 4.78 is 5.08. The largest absolute Gasteiger partial charge is 0.282 e. The van der Waals surface area contributed by atoms with Gasteiger partial charge in [0.05, 0.1) is 38.9 Å². The summed E-state index contributed by atoms with van der Waals surface area (Å²) in [5, 5.41) is 2.74. The Bertz CT molecular complexity index is 1060. The first kappa shape index (κ1) is 17.8. The minimum atomic E-state index is 0.560. The summed E-state index contributed by atoms with van der Waals surface area (Å²) in [4.78, 5) is 0. The van der Waals surface area contributed by atoms with Crippen LogP contribution in [0.2, 0.25) is 0 Å². The quantitative estimate of drug-likeness (QED) is 0.214. The maximum absolute atomic E-state index is 2.43. The second-order valence-electron chi connectivity index (χ2n) is 6.93. The molecule has 26 heavy (non-hydrogen) atoms. The van der Waals surface area contributed by atoms with Gasteiger partial charge in [-0.05, 0) is 41.7 Å². The molecule has 0 aliphatic heterocycles. The molecule has 0 bridgehead atoms. The van der Waals surface area contributed by atoms with Crippen LogP contribution in [0.15, 0.2) is 60.7 Å². The van der Waals surface area contributed by atoms with Crippen molar-refractivity contribution in [1.82, 2.24) is 0 Å². The molecule has 4 aromatic rings. The minimum absolute atomic E-state index is 0.560. The number of nitrogens with zero attached hydrogens (tertiary/aromatic N) is 1. The second kappa shape index (κ2) is 7.20. The van der Waals surface area contributed by atoms with Crippen LogP contribution in [0.1, 0.15) is 37.8 Å². The van der Waals surface area contributed by atoms with Crippen molar-refractivity contribution < 1.29 is 0 Å². The Hall–Kier alpha value is -1.59. The van der Waals surface area contributed by atoms with E-state index in [9.17, 15) is 0 Å². The van der Waals surface area contributed by atoms with E-state index in [1.807, 2.05) is 11.3 Å². The first-order valence-electron chi connectivity index (χ1n) is 9.09. The standard InChI is InChI=1S/C23H22INS/c1-4-16-7-5-8-19-20-9-6-10-21(23(20)26-22(16)19)25(24)18-13-11-17(12-14-18)15(2)3/h5-15H,4H2,1-3H3. The highest BCUT2D eigenvalue weighted by molar-refractivity contribution is 14.1. The smallest absolute Gasteiger partial charge is 0.0689 e. The Morgan fingerprint density at radius 3 is 2.19 bits per heavy atom. The van der Waals surface area contributed by atoms with Crippen LogP contribution in [0.3, 0.4) is 0 Å². The van der Waals surface area contributed by atoms with Gasteiger partial charge >= 0.3 is 0 Å². The highest BCUT2D eigenvalue weighted by Crippen LogP contribution is 2.44. The summed E-state index contributed by atoms with van der Waals surface area (Å²) in [7, 11) is 0. The van der Waals surface area contributed by atoms with Crippen molar-refractivity contribution in [2.45, 2.75) is 33.1 Å². The summed E-state index contributed by atoms with van der Waals surface area (Å²) in [6, 6.07) is 22.3. The van der Waals surface area contributed by atoms with Crippen LogP contribution < -0.4 is 3.11 Å². The molecule has 1 nitrogen and oxygen atoms in total. The Balaban J connectivity index is 1.85. The highest BCUT2D eigenvalue weighted by Gasteiger charge is 2.15. The molecule has 3 heteroatoms.